The molecule has 2 rings (SSSR count). The molecule has 2 aromatic rings. The molecule has 102 valence electrons. The number of hydrogen-bond donors (Lipinski definition) is 1. The topological polar surface area (TPSA) is 29.1 Å². The fourth-order valence-corrected chi connectivity index (χ4v) is 2.88. The molecule has 0 saturated heterocycles. The normalized spacial score (nSPS) is 11.2. The van der Waals surface area contributed by atoms with Crippen LogP contribution < -0.4 is 5.32 Å². The Morgan fingerprint density at radius 1 is 1.37 bits per heavy atom. The quantitative estimate of drug-likeness (QED) is 0.816. The van der Waals surface area contributed by atoms with Gasteiger partial charge in [0.25, 0.3) is 5.91 Å². The first-order chi connectivity index (χ1) is 9.06. The van der Waals surface area contributed by atoms with Crippen LogP contribution in [0.15, 0.2) is 24.3 Å². The lowest BCUT2D eigenvalue weighted by Crippen LogP contribution is -2.23. The smallest absolute Gasteiger partial charge is 0.261 e. The summed E-state index contributed by atoms with van der Waals surface area (Å²) in [6.07, 6.45) is 2.10. The Labute approximate surface area is 116 Å². The molecule has 0 aliphatic heterocycles. The van der Waals surface area contributed by atoms with Crippen molar-refractivity contribution in [2.45, 2.75) is 26.7 Å². The lowest BCUT2D eigenvalue weighted by Gasteiger charge is -2.05. The third kappa shape index (κ3) is 3.77. The first-order valence-corrected chi connectivity index (χ1v) is 7.35. The Bertz CT molecular complexity index is 577. The third-order valence-corrected chi connectivity index (χ3v) is 4.06. The number of benzene rings is 1. The van der Waals surface area contributed by atoms with Crippen LogP contribution in [0.25, 0.3) is 10.1 Å². The first-order valence-electron chi connectivity index (χ1n) is 6.53. The molecular formula is C15H18FNOS. The van der Waals surface area contributed by atoms with Gasteiger partial charge in [-0.2, -0.15) is 0 Å². The SMILES string of the molecule is CC(C)CCCNC(=O)c1cc2cc(F)ccc2s1. The maximum Gasteiger partial charge on any atom is 0.261 e. The van der Waals surface area contributed by atoms with Gasteiger partial charge >= 0.3 is 0 Å². The van der Waals surface area contributed by atoms with Crippen LogP contribution in [-0.4, -0.2) is 12.5 Å². The number of carbonyl (C=O) groups excluding carboxylic acids is 1. The van der Waals surface area contributed by atoms with E-state index < -0.39 is 0 Å². The molecular weight excluding hydrogens is 261 g/mol. The summed E-state index contributed by atoms with van der Waals surface area (Å²) >= 11 is 1.40. The molecule has 1 aromatic carbocycles. The van der Waals surface area contributed by atoms with Crippen LogP contribution in [0, 0.1) is 11.7 Å². The standard InChI is InChI=1S/C15H18FNOS/c1-10(2)4-3-7-17-15(18)14-9-11-8-12(16)5-6-13(11)19-14/h5-6,8-10H,3-4,7H2,1-2H3,(H,17,18). The molecule has 0 bridgehead atoms. The second kappa shape index (κ2) is 6.15. The number of rotatable bonds is 5. The van der Waals surface area contributed by atoms with Crippen LogP contribution in [0.5, 0.6) is 0 Å². The third-order valence-electron chi connectivity index (χ3n) is 2.95. The van der Waals surface area contributed by atoms with Gasteiger partial charge in [0.2, 0.25) is 0 Å². The highest BCUT2D eigenvalue weighted by atomic mass is 32.1. The summed E-state index contributed by atoms with van der Waals surface area (Å²) in [4.78, 5) is 12.6. The van der Waals surface area contributed by atoms with E-state index in [1.807, 2.05) is 0 Å². The predicted octanol–water partition coefficient (Wildman–Crippen LogP) is 4.21. The summed E-state index contributed by atoms with van der Waals surface area (Å²) in [5.41, 5.74) is 0. The van der Waals surface area contributed by atoms with Crippen LogP contribution in [0.3, 0.4) is 0 Å². The molecule has 1 heterocycles. The van der Waals surface area contributed by atoms with Gasteiger partial charge in [-0.25, -0.2) is 4.39 Å². The molecule has 1 N–H and O–H groups in total. The van der Waals surface area contributed by atoms with Gasteiger partial charge in [-0.3, -0.25) is 4.79 Å². The second-order valence-electron chi connectivity index (χ2n) is 5.08. The number of carbonyl (C=O) groups is 1. The van der Waals surface area contributed by atoms with Crippen molar-refractivity contribution in [2.75, 3.05) is 6.54 Å². The van der Waals surface area contributed by atoms with Crippen LogP contribution in [-0.2, 0) is 0 Å². The molecule has 0 radical (unpaired) electrons. The zero-order chi connectivity index (χ0) is 13.8. The monoisotopic (exact) mass is 279 g/mol. The summed E-state index contributed by atoms with van der Waals surface area (Å²) in [6.45, 7) is 5.03. The van der Waals surface area contributed by atoms with E-state index in [-0.39, 0.29) is 11.7 Å². The Morgan fingerprint density at radius 2 is 2.16 bits per heavy atom. The molecule has 0 aliphatic carbocycles. The van der Waals surface area contributed by atoms with Crippen LogP contribution >= 0.6 is 11.3 Å². The van der Waals surface area contributed by atoms with Crippen LogP contribution in [0.4, 0.5) is 4.39 Å². The molecule has 0 fully saturated rings. The second-order valence-corrected chi connectivity index (χ2v) is 6.17. The summed E-state index contributed by atoms with van der Waals surface area (Å²) < 4.78 is 14.0. The lowest BCUT2D eigenvalue weighted by molar-refractivity contribution is 0.0956. The number of nitrogens with one attached hydrogen (secondary N) is 1. The van der Waals surface area contributed by atoms with Crippen molar-refractivity contribution in [1.29, 1.82) is 0 Å². The average Bonchev–Trinajstić information content (AvgIpc) is 2.77. The van der Waals surface area contributed by atoms with Gasteiger partial charge in [0.1, 0.15) is 5.82 Å². The van der Waals surface area contributed by atoms with E-state index in [0.717, 1.165) is 22.9 Å². The minimum Gasteiger partial charge on any atom is -0.351 e. The van der Waals surface area contributed by atoms with Gasteiger partial charge in [-0.05, 0) is 48.4 Å². The van der Waals surface area contributed by atoms with Crippen molar-refractivity contribution in [1.82, 2.24) is 5.32 Å². The van der Waals surface area contributed by atoms with E-state index >= 15 is 0 Å². The molecule has 0 spiro atoms. The van der Waals surface area contributed by atoms with E-state index in [4.69, 9.17) is 0 Å². The molecule has 1 aromatic heterocycles. The number of amides is 1. The minimum atomic E-state index is -0.269. The van der Waals surface area contributed by atoms with Gasteiger partial charge < -0.3 is 5.32 Å². The Balaban J connectivity index is 1.97. The number of fused-ring (bicyclic) bond motifs is 1. The van der Waals surface area contributed by atoms with E-state index in [1.165, 1.54) is 23.5 Å². The Morgan fingerprint density at radius 3 is 2.89 bits per heavy atom. The molecule has 0 saturated carbocycles. The minimum absolute atomic E-state index is 0.0645. The molecule has 1 amide bonds. The van der Waals surface area contributed by atoms with Gasteiger partial charge in [-0.15, -0.1) is 11.3 Å². The maximum atomic E-state index is 13.1. The Hall–Kier alpha value is -1.42. The zero-order valence-electron chi connectivity index (χ0n) is 11.2. The number of thiophene rings is 1. The molecule has 4 heteroatoms. The van der Waals surface area contributed by atoms with Gasteiger partial charge in [0.05, 0.1) is 4.88 Å². The van der Waals surface area contributed by atoms with Crippen molar-refractivity contribution in [2.24, 2.45) is 5.92 Å². The molecule has 0 unspecified atom stereocenters. The van der Waals surface area contributed by atoms with Crippen molar-refractivity contribution in [3.63, 3.8) is 0 Å². The van der Waals surface area contributed by atoms with Crippen molar-refractivity contribution in [3.8, 4) is 0 Å². The van der Waals surface area contributed by atoms with E-state index in [1.54, 1.807) is 12.1 Å². The highest BCUT2D eigenvalue weighted by Gasteiger charge is 2.10. The Kier molecular flexibility index (Phi) is 4.53. The summed E-state index contributed by atoms with van der Waals surface area (Å²) in [5, 5.41) is 3.70. The van der Waals surface area contributed by atoms with E-state index in [9.17, 15) is 9.18 Å². The number of halogens is 1. The number of hydrogen-bond acceptors (Lipinski definition) is 2. The van der Waals surface area contributed by atoms with Gasteiger partial charge in [-0.1, -0.05) is 13.8 Å². The van der Waals surface area contributed by atoms with Crippen LogP contribution in [0.1, 0.15) is 36.4 Å². The van der Waals surface area contributed by atoms with Crippen molar-refractivity contribution >= 4 is 27.3 Å². The highest BCUT2D eigenvalue weighted by Crippen LogP contribution is 2.26. The summed E-state index contributed by atoms with van der Waals surface area (Å²) in [7, 11) is 0. The lowest BCUT2D eigenvalue weighted by atomic mass is 10.1. The zero-order valence-corrected chi connectivity index (χ0v) is 12.0. The van der Waals surface area contributed by atoms with Gasteiger partial charge in [0.15, 0.2) is 0 Å². The summed E-state index contributed by atoms with van der Waals surface area (Å²) in [6, 6.07) is 6.34. The van der Waals surface area contributed by atoms with Crippen molar-refractivity contribution < 1.29 is 9.18 Å². The molecule has 0 atom stereocenters. The van der Waals surface area contributed by atoms with E-state index in [2.05, 4.69) is 19.2 Å². The average molecular weight is 279 g/mol. The van der Waals surface area contributed by atoms with Crippen LogP contribution in [0.2, 0.25) is 0 Å². The highest BCUT2D eigenvalue weighted by molar-refractivity contribution is 7.20. The first kappa shape index (κ1) is 14.0. The summed E-state index contributed by atoms with van der Waals surface area (Å²) in [5.74, 6) is 0.323. The molecule has 19 heavy (non-hydrogen) atoms. The van der Waals surface area contributed by atoms with E-state index in [0.29, 0.717) is 17.3 Å². The predicted molar refractivity (Wildman–Crippen MR) is 78.2 cm³/mol. The largest absolute Gasteiger partial charge is 0.351 e. The van der Waals surface area contributed by atoms with Gasteiger partial charge in [0, 0.05) is 11.2 Å². The maximum absolute atomic E-state index is 13.1. The molecule has 0 aliphatic rings. The van der Waals surface area contributed by atoms with Crippen molar-refractivity contribution in [3.05, 3.63) is 35.0 Å². The fourth-order valence-electron chi connectivity index (χ4n) is 1.93. The fraction of sp³-hybridized carbons (Fsp3) is 0.400. The molecule has 2 nitrogen and oxygen atoms in total.